The molecule has 1 rings (SSSR count). The molecule has 1 aromatic carbocycles. The van der Waals surface area contributed by atoms with Crippen LogP contribution in [0.5, 0.6) is 0 Å². The Bertz CT molecular complexity index is 331. The van der Waals surface area contributed by atoms with Gasteiger partial charge in [0.05, 0.1) is 6.42 Å². The van der Waals surface area contributed by atoms with E-state index in [0.717, 1.165) is 5.56 Å². The van der Waals surface area contributed by atoms with Crippen molar-refractivity contribution in [1.29, 1.82) is 0 Å². The molecule has 0 spiro atoms. The van der Waals surface area contributed by atoms with Crippen LogP contribution in [0.25, 0.3) is 0 Å². The number of benzene rings is 1. The number of carboxylic acid groups (broad SMARTS) is 1. The van der Waals surface area contributed by atoms with Gasteiger partial charge in [-0.05, 0) is 24.2 Å². The minimum absolute atomic E-state index is 0. The van der Waals surface area contributed by atoms with Crippen molar-refractivity contribution in [3.63, 3.8) is 0 Å². The van der Waals surface area contributed by atoms with Crippen molar-refractivity contribution in [2.24, 2.45) is 5.73 Å². The highest BCUT2D eigenvalue weighted by atomic mass is 35.5. The van der Waals surface area contributed by atoms with Crippen molar-refractivity contribution in [3.05, 3.63) is 34.9 Å². The minimum atomic E-state index is -0.847. The summed E-state index contributed by atoms with van der Waals surface area (Å²) in [6.07, 6.45) is 0.0385. The van der Waals surface area contributed by atoms with Gasteiger partial charge in [-0.2, -0.15) is 0 Å². The third-order valence-electron chi connectivity index (χ3n) is 2.03. The van der Waals surface area contributed by atoms with Crippen LogP contribution in [0.1, 0.15) is 17.9 Å². The molecule has 0 aliphatic carbocycles. The molecule has 0 bridgehead atoms. The number of hydrogen-bond donors (Lipinski definition) is 2. The highest BCUT2D eigenvalue weighted by Gasteiger charge is 2.13. The van der Waals surface area contributed by atoms with Crippen molar-refractivity contribution in [3.8, 4) is 0 Å². The Morgan fingerprint density at radius 2 is 2.20 bits per heavy atom. The van der Waals surface area contributed by atoms with E-state index in [2.05, 4.69) is 0 Å². The zero-order chi connectivity index (χ0) is 10.6. The highest BCUT2D eigenvalue weighted by Crippen LogP contribution is 2.21. The lowest BCUT2D eigenvalue weighted by atomic mass is 9.96. The van der Waals surface area contributed by atoms with Gasteiger partial charge in [0.15, 0.2) is 0 Å². The third kappa shape index (κ3) is 4.51. The summed E-state index contributed by atoms with van der Waals surface area (Å²) >= 11 is 5.79. The van der Waals surface area contributed by atoms with E-state index in [-0.39, 0.29) is 24.7 Å². The highest BCUT2D eigenvalue weighted by molar-refractivity contribution is 6.30. The number of carbonyl (C=O) groups is 1. The molecule has 1 unspecified atom stereocenters. The van der Waals surface area contributed by atoms with Crippen LogP contribution in [-0.2, 0) is 4.79 Å². The summed E-state index contributed by atoms with van der Waals surface area (Å²) in [7, 11) is 0. The quantitative estimate of drug-likeness (QED) is 0.861. The molecule has 1 aromatic rings. The first-order valence-electron chi connectivity index (χ1n) is 4.31. The van der Waals surface area contributed by atoms with Crippen molar-refractivity contribution < 1.29 is 9.90 Å². The molecule has 1 atom stereocenters. The first-order valence-corrected chi connectivity index (χ1v) is 4.68. The summed E-state index contributed by atoms with van der Waals surface area (Å²) in [6, 6.07) is 7.13. The van der Waals surface area contributed by atoms with Gasteiger partial charge in [0, 0.05) is 10.9 Å². The first kappa shape index (κ1) is 14.2. The van der Waals surface area contributed by atoms with Crippen LogP contribution in [0.15, 0.2) is 24.3 Å². The summed E-state index contributed by atoms with van der Waals surface area (Å²) in [5.74, 6) is -1.01. The second kappa shape index (κ2) is 6.67. The van der Waals surface area contributed by atoms with Crippen molar-refractivity contribution in [2.45, 2.75) is 12.3 Å². The summed E-state index contributed by atoms with van der Waals surface area (Å²) in [6.45, 7) is 0.312. The van der Waals surface area contributed by atoms with Gasteiger partial charge >= 0.3 is 5.97 Å². The average molecular weight is 250 g/mol. The Labute approximate surface area is 99.6 Å². The maximum Gasteiger partial charge on any atom is 0.304 e. The van der Waals surface area contributed by atoms with Crippen LogP contribution < -0.4 is 5.73 Å². The molecule has 0 saturated carbocycles. The van der Waals surface area contributed by atoms with Crippen LogP contribution in [0, 0.1) is 0 Å². The Balaban J connectivity index is 0.00000196. The molecule has 0 aliphatic rings. The predicted molar refractivity (Wildman–Crippen MR) is 62.7 cm³/mol. The van der Waals surface area contributed by atoms with Crippen molar-refractivity contribution in [1.82, 2.24) is 0 Å². The summed E-state index contributed by atoms with van der Waals surface area (Å²) in [5, 5.41) is 9.26. The standard InChI is InChI=1S/C10H12ClNO2.ClH/c11-9-3-1-2-7(4-9)8(6-12)5-10(13)14;/h1-4,8H,5-6,12H2,(H,13,14);1H. The lowest BCUT2D eigenvalue weighted by Crippen LogP contribution is -2.16. The summed E-state index contributed by atoms with van der Waals surface area (Å²) < 4.78 is 0. The van der Waals surface area contributed by atoms with Gasteiger partial charge < -0.3 is 10.8 Å². The van der Waals surface area contributed by atoms with Crippen LogP contribution >= 0.6 is 24.0 Å². The molecule has 0 aromatic heterocycles. The predicted octanol–water partition coefficient (Wildman–Crippen LogP) is 2.28. The molecule has 0 saturated heterocycles. The Morgan fingerprint density at radius 1 is 1.53 bits per heavy atom. The van der Waals surface area contributed by atoms with E-state index in [1.54, 1.807) is 18.2 Å². The zero-order valence-electron chi connectivity index (χ0n) is 8.02. The maximum atomic E-state index is 10.5. The van der Waals surface area contributed by atoms with Crippen LogP contribution in [0.3, 0.4) is 0 Å². The van der Waals surface area contributed by atoms with E-state index in [1.165, 1.54) is 0 Å². The Hall–Kier alpha value is -0.770. The topological polar surface area (TPSA) is 63.3 Å². The third-order valence-corrected chi connectivity index (χ3v) is 2.26. The molecule has 3 nitrogen and oxygen atoms in total. The zero-order valence-corrected chi connectivity index (χ0v) is 9.59. The monoisotopic (exact) mass is 249 g/mol. The number of rotatable bonds is 4. The lowest BCUT2D eigenvalue weighted by Gasteiger charge is -2.12. The van der Waals surface area contributed by atoms with E-state index in [9.17, 15) is 4.79 Å². The van der Waals surface area contributed by atoms with E-state index >= 15 is 0 Å². The number of carboxylic acids is 1. The second-order valence-electron chi connectivity index (χ2n) is 3.09. The number of nitrogens with two attached hydrogens (primary N) is 1. The van der Waals surface area contributed by atoms with Gasteiger partial charge in [-0.25, -0.2) is 0 Å². The smallest absolute Gasteiger partial charge is 0.304 e. The molecule has 5 heteroatoms. The minimum Gasteiger partial charge on any atom is -0.481 e. The molecule has 0 aliphatic heterocycles. The van der Waals surface area contributed by atoms with Crippen LogP contribution in [0.2, 0.25) is 5.02 Å². The van der Waals surface area contributed by atoms with E-state index < -0.39 is 5.97 Å². The van der Waals surface area contributed by atoms with Gasteiger partial charge in [-0.1, -0.05) is 23.7 Å². The fourth-order valence-corrected chi connectivity index (χ4v) is 1.51. The SMILES string of the molecule is Cl.NCC(CC(=O)O)c1cccc(Cl)c1. The second-order valence-corrected chi connectivity index (χ2v) is 3.52. The molecule has 3 N–H and O–H groups in total. The molecule has 0 heterocycles. The summed E-state index contributed by atoms with van der Waals surface area (Å²) in [5.41, 5.74) is 6.37. The van der Waals surface area contributed by atoms with E-state index in [4.69, 9.17) is 22.4 Å². The lowest BCUT2D eigenvalue weighted by molar-refractivity contribution is -0.137. The van der Waals surface area contributed by atoms with E-state index in [0.29, 0.717) is 11.6 Å². The Morgan fingerprint density at radius 3 is 2.67 bits per heavy atom. The van der Waals surface area contributed by atoms with Crippen LogP contribution in [-0.4, -0.2) is 17.6 Å². The molecule has 0 amide bonds. The molecular weight excluding hydrogens is 237 g/mol. The largest absolute Gasteiger partial charge is 0.481 e. The normalized spacial score (nSPS) is 11.6. The summed E-state index contributed by atoms with van der Waals surface area (Å²) in [4.78, 5) is 10.5. The molecular formula is C10H13Cl2NO2. The first-order chi connectivity index (χ1) is 6.63. The van der Waals surface area contributed by atoms with Crippen molar-refractivity contribution in [2.75, 3.05) is 6.54 Å². The number of aliphatic carboxylic acids is 1. The average Bonchev–Trinajstić information content (AvgIpc) is 2.14. The van der Waals surface area contributed by atoms with Gasteiger partial charge in [0.2, 0.25) is 0 Å². The van der Waals surface area contributed by atoms with E-state index in [1.807, 2.05) is 6.07 Å². The fraction of sp³-hybridized carbons (Fsp3) is 0.300. The number of hydrogen-bond acceptors (Lipinski definition) is 2. The van der Waals surface area contributed by atoms with Crippen molar-refractivity contribution >= 4 is 30.0 Å². The van der Waals surface area contributed by atoms with Crippen LogP contribution in [0.4, 0.5) is 0 Å². The Kier molecular flexibility index (Phi) is 6.32. The van der Waals surface area contributed by atoms with Gasteiger partial charge in [0.25, 0.3) is 0 Å². The fourth-order valence-electron chi connectivity index (χ4n) is 1.31. The van der Waals surface area contributed by atoms with Gasteiger partial charge in [0.1, 0.15) is 0 Å². The number of halogens is 2. The molecule has 0 fully saturated rings. The van der Waals surface area contributed by atoms with Gasteiger partial charge in [-0.3, -0.25) is 4.79 Å². The molecule has 15 heavy (non-hydrogen) atoms. The molecule has 84 valence electrons. The maximum absolute atomic E-state index is 10.5. The van der Waals surface area contributed by atoms with Gasteiger partial charge in [-0.15, -0.1) is 12.4 Å². The molecule has 0 radical (unpaired) electrons.